The van der Waals surface area contributed by atoms with Crippen LogP contribution in [0, 0.1) is 5.82 Å². The molecule has 0 saturated heterocycles. The third kappa shape index (κ3) is 4.57. The van der Waals surface area contributed by atoms with Gasteiger partial charge >= 0.3 is 0 Å². The van der Waals surface area contributed by atoms with Crippen LogP contribution in [0.2, 0.25) is 0 Å². The summed E-state index contributed by atoms with van der Waals surface area (Å²) in [5.41, 5.74) is 1.09. The van der Waals surface area contributed by atoms with Crippen molar-refractivity contribution >= 4 is 27.5 Å². The maximum atomic E-state index is 12.9. The van der Waals surface area contributed by atoms with Crippen molar-refractivity contribution in [3.63, 3.8) is 0 Å². The second-order valence-corrected chi connectivity index (χ2v) is 5.67. The molecule has 0 bridgehead atoms. The number of rotatable bonds is 6. The quantitative estimate of drug-likeness (QED) is 0.762. The van der Waals surface area contributed by atoms with Crippen LogP contribution in [0.1, 0.15) is 32.3 Å². The topological polar surface area (TPSA) is 12.0 Å². The van der Waals surface area contributed by atoms with Gasteiger partial charge in [-0.1, -0.05) is 28.9 Å². The van der Waals surface area contributed by atoms with E-state index in [1.807, 2.05) is 0 Å². The molecule has 0 saturated carbocycles. The summed E-state index contributed by atoms with van der Waals surface area (Å²) >= 11 is 9.17. The van der Waals surface area contributed by atoms with Gasteiger partial charge in [0, 0.05) is 22.4 Å². The minimum atomic E-state index is -0.223. The van der Waals surface area contributed by atoms with Crippen LogP contribution in [0.25, 0.3) is 0 Å². The first-order valence-corrected chi connectivity index (χ1v) is 7.08. The van der Waals surface area contributed by atoms with Crippen molar-refractivity contribution < 1.29 is 4.39 Å². The van der Waals surface area contributed by atoms with Crippen LogP contribution in [0.5, 0.6) is 0 Å². The Labute approximate surface area is 116 Å². The second kappa shape index (κ2) is 6.72. The molecule has 0 amide bonds. The molecule has 0 aliphatic rings. The highest BCUT2D eigenvalue weighted by Gasteiger charge is 2.20. The SMILES string of the molecule is CCC(C)(CCCl)NCc1ccc(F)cc1Br. The first kappa shape index (κ1) is 14.9. The normalized spacial score (nSPS) is 14.6. The Morgan fingerprint density at radius 3 is 2.71 bits per heavy atom. The van der Waals surface area contributed by atoms with Gasteiger partial charge in [0.15, 0.2) is 0 Å². The first-order valence-electron chi connectivity index (χ1n) is 5.75. The molecule has 1 atom stereocenters. The molecule has 0 aromatic heterocycles. The number of benzene rings is 1. The van der Waals surface area contributed by atoms with Gasteiger partial charge in [0.2, 0.25) is 0 Å². The molecule has 4 heteroatoms. The van der Waals surface area contributed by atoms with Gasteiger partial charge in [-0.05, 0) is 37.5 Å². The number of halogens is 3. The van der Waals surface area contributed by atoms with E-state index in [1.165, 1.54) is 12.1 Å². The number of alkyl halides is 1. The largest absolute Gasteiger partial charge is 0.307 e. The van der Waals surface area contributed by atoms with Crippen LogP contribution in [-0.2, 0) is 6.54 Å². The molecule has 1 N–H and O–H groups in total. The van der Waals surface area contributed by atoms with Crippen molar-refractivity contribution in [1.29, 1.82) is 0 Å². The summed E-state index contributed by atoms with van der Waals surface area (Å²) < 4.78 is 13.7. The van der Waals surface area contributed by atoms with Crippen LogP contribution in [-0.4, -0.2) is 11.4 Å². The Morgan fingerprint density at radius 2 is 2.18 bits per heavy atom. The van der Waals surface area contributed by atoms with E-state index >= 15 is 0 Å². The third-order valence-electron chi connectivity index (χ3n) is 3.15. The number of hydrogen-bond donors (Lipinski definition) is 1. The molecule has 1 aromatic rings. The predicted molar refractivity (Wildman–Crippen MR) is 75.0 cm³/mol. The molecule has 0 spiro atoms. The maximum absolute atomic E-state index is 12.9. The monoisotopic (exact) mass is 321 g/mol. The molecule has 1 nitrogen and oxygen atoms in total. The first-order chi connectivity index (χ1) is 8.00. The van der Waals surface area contributed by atoms with Crippen molar-refractivity contribution in [2.45, 2.75) is 38.8 Å². The average Bonchev–Trinajstić information content (AvgIpc) is 2.28. The Hall–Kier alpha value is -0.120. The van der Waals surface area contributed by atoms with Gasteiger partial charge < -0.3 is 5.32 Å². The van der Waals surface area contributed by atoms with E-state index in [9.17, 15) is 4.39 Å². The number of nitrogens with one attached hydrogen (secondary N) is 1. The van der Waals surface area contributed by atoms with E-state index in [0.717, 1.165) is 22.9 Å². The second-order valence-electron chi connectivity index (χ2n) is 4.44. The summed E-state index contributed by atoms with van der Waals surface area (Å²) in [6.07, 6.45) is 1.93. The molecule has 96 valence electrons. The van der Waals surface area contributed by atoms with E-state index in [0.29, 0.717) is 12.4 Å². The lowest BCUT2D eigenvalue weighted by Gasteiger charge is -2.29. The van der Waals surface area contributed by atoms with Crippen molar-refractivity contribution in [3.05, 3.63) is 34.1 Å². The Morgan fingerprint density at radius 1 is 1.47 bits per heavy atom. The van der Waals surface area contributed by atoms with Crippen LogP contribution < -0.4 is 5.32 Å². The predicted octanol–water partition coefficient (Wildman–Crippen LogP) is 4.48. The minimum Gasteiger partial charge on any atom is -0.307 e. The summed E-state index contributed by atoms with van der Waals surface area (Å²) in [4.78, 5) is 0. The molecular weight excluding hydrogens is 305 g/mol. The van der Waals surface area contributed by atoms with E-state index in [4.69, 9.17) is 11.6 Å². The third-order valence-corrected chi connectivity index (χ3v) is 4.07. The van der Waals surface area contributed by atoms with Crippen LogP contribution in [0.3, 0.4) is 0 Å². The van der Waals surface area contributed by atoms with Gasteiger partial charge in [-0.15, -0.1) is 11.6 Å². The molecular formula is C13H18BrClFN. The fraction of sp³-hybridized carbons (Fsp3) is 0.538. The van der Waals surface area contributed by atoms with Gasteiger partial charge in [-0.25, -0.2) is 4.39 Å². The fourth-order valence-corrected chi connectivity index (χ4v) is 2.48. The lowest BCUT2D eigenvalue weighted by molar-refractivity contribution is 0.331. The van der Waals surface area contributed by atoms with Crippen LogP contribution in [0.4, 0.5) is 4.39 Å². The maximum Gasteiger partial charge on any atom is 0.124 e. The van der Waals surface area contributed by atoms with Crippen molar-refractivity contribution in [1.82, 2.24) is 5.32 Å². The summed E-state index contributed by atoms with van der Waals surface area (Å²) in [7, 11) is 0. The Bertz CT molecular complexity index is 372. The smallest absolute Gasteiger partial charge is 0.124 e. The van der Waals surface area contributed by atoms with Gasteiger partial charge in [-0.2, -0.15) is 0 Å². The molecule has 17 heavy (non-hydrogen) atoms. The van der Waals surface area contributed by atoms with E-state index < -0.39 is 0 Å². The summed E-state index contributed by atoms with van der Waals surface area (Å²) in [5.74, 6) is 0.418. The summed E-state index contributed by atoms with van der Waals surface area (Å²) in [5, 5.41) is 3.49. The molecule has 0 heterocycles. The molecule has 0 fully saturated rings. The number of hydrogen-bond acceptors (Lipinski definition) is 1. The van der Waals surface area contributed by atoms with Crippen LogP contribution >= 0.6 is 27.5 Å². The molecule has 0 radical (unpaired) electrons. The molecule has 1 rings (SSSR count). The van der Waals surface area contributed by atoms with Crippen LogP contribution in [0.15, 0.2) is 22.7 Å². The van der Waals surface area contributed by atoms with Crippen molar-refractivity contribution in [3.8, 4) is 0 Å². The highest BCUT2D eigenvalue weighted by atomic mass is 79.9. The zero-order valence-electron chi connectivity index (χ0n) is 10.2. The Kier molecular flexibility index (Phi) is 5.90. The molecule has 0 aliphatic carbocycles. The summed E-state index contributed by atoms with van der Waals surface area (Å²) in [6.45, 7) is 5.01. The zero-order chi connectivity index (χ0) is 12.9. The van der Waals surface area contributed by atoms with E-state index in [1.54, 1.807) is 6.07 Å². The van der Waals surface area contributed by atoms with E-state index in [2.05, 4.69) is 35.1 Å². The van der Waals surface area contributed by atoms with Crippen molar-refractivity contribution in [2.75, 3.05) is 5.88 Å². The van der Waals surface area contributed by atoms with E-state index in [-0.39, 0.29) is 11.4 Å². The highest BCUT2D eigenvalue weighted by molar-refractivity contribution is 9.10. The molecule has 1 aromatic carbocycles. The van der Waals surface area contributed by atoms with Gasteiger partial charge in [0.1, 0.15) is 5.82 Å². The average molecular weight is 323 g/mol. The van der Waals surface area contributed by atoms with Crippen molar-refractivity contribution in [2.24, 2.45) is 0 Å². The lowest BCUT2D eigenvalue weighted by atomic mass is 9.95. The van der Waals surface area contributed by atoms with Gasteiger partial charge in [0.25, 0.3) is 0 Å². The lowest BCUT2D eigenvalue weighted by Crippen LogP contribution is -2.41. The summed E-state index contributed by atoms with van der Waals surface area (Å²) in [6, 6.07) is 4.76. The Balaban J connectivity index is 2.65. The molecule has 1 unspecified atom stereocenters. The van der Waals surface area contributed by atoms with Gasteiger partial charge in [-0.3, -0.25) is 0 Å². The minimum absolute atomic E-state index is 0.0373. The zero-order valence-corrected chi connectivity index (χ0v) is 12.5. The standard InChI is InChI=1S/C13H18BrClFN/c1-3-13(2,6-7-15)17-9-10-4-5-11(16)8-12(10)14/h4-5,8,17H,3,6-7,9H2,1-2H3. The van der Waals surface area contributed by atoms with Gasteiger partial charge in [0.05, 0.1) is 0 Å². The fourth-order valence-electron chi connectivity index (χ4n) is 1.57. The highest BCUT2D eigenvalue weighted by Crippen LogP contribution is 2.21. The molecule has 0 aliphatic heterocycles.